The van der Waals surface area contributed by atoms with Crippen LogP contribution in [0.5, 0.6) is 0 Å². The second-order valence-electron chi connectivity index (χ2n) is 9.92. The zero-order valence-corrected chi connectivity index (χ0v) is 23.1. The van der Waals surface area contributed by atoms with Gasteiger partial charge in [0, 0.05) is 23.0 Å². The fourth-order valence-corrected chi connectivity index (χ4v) is 5.42. The quantitative estimate of drug-likeness (QED) is 0.378. The van der Waals surface area contributed by atoms with Crippen molar-refractivity contribution < 1.29 is 17.9 Å². The normalized spacial score (nSPS) is 17.1. The fraction of sp³-hybridized carbons (Fsp3) is 0.370. The third-order valence-electron chi connectivity index (χ3n) is 6.14. The molecule has 1 saturated heterocycles. The molecule has 4 rings (SSSR count). The number of ether oxygens (including phenoxy) is 1. The molecular weight excluding hydrogens is 528 g/mol. The van der Waals surface area contributed by atoms with Crippen LogP contribution in [0.25, 0.3) is 17.0 Å². The zero-order valence-electron chi connectivity index (χ0n) is 20.6. The van der Waals surface area contributed by atoms with Crippen molar-refractivity contribution in [3.63, 3.8) is 0 Å². The lowest BCUT2D eigenvalue weighted by Crippen LogP contribution is -2.27. The van der Waals surface area contributed by atoms with E-state index in [2.05, 4.69) is 11.9 Å². The molecule has 0 N–H and O–H groups in total. The van der Waals surface area contributed by atoms with Gasteiger partial charge >= 0.3 is 6.09 Å². The zero-order chi connectivity index (χ0) is 24.5. The standard InChI is InChI=1S/C27H32N2O4S.BrH/c1-27(2,3)33-26(30)29-19-21(18-22-9-8-15-28(22)4)24-17-20(12-13-25(24)29)14-16-34(31,32)23-10-6-5-7-11-23;/h5-7,10-14,16-17,19,22H,8-9,15,18H2,1-4H3;1H/b16-14+;/t22-;/m1./s1. The summed E-state index contributed by atoms with van der Waals surface area (Å²) in [6.07, 6.45) is 6.16. The molecule has 0 bridgehead atoms. The molecule has 0 saturated carbocycles. The second kappa shape index (κ2) is 10.7. The molecule has 1 atom stereocenters. The molecule has 35 heavy (non-hydrogen) atoms. The first-order chi connectivity index (χ1) is 16.0. The molecule has 0 radical (unpaired) electrons. The summed E-state index contributed by atoms with van der Waals surface area (Å²) in [5.41, 5.74) is 1.97. The van der Waals surface area contributed by atoms with Crippen LogP contribution < -0.4 is 0 Å². The van der Waals surface area contributed by atoms with Gasteiger partial charge in [-0.3, -0.25) is 4.57 Å². The highest BCUT2D eigenvalue weighted by Gasteiger charge is 2.25. The SMILES string of the molecule is Br.CN1CCC[C@@H]1Cc1cn(C(=O)OC(C)(C)C)c2ccc(/C=C/S(=O)(=O)c3ccccc3)cc12. The van der Waals surface area contributed by atoms with Crippen LogP contribution in [0.3, 0.4) is 0 Å². The van der Waals surface area contributed by atoms with Crippen LogP contribution in [0, 0.1) is 0 Å². The Bertz CT molecular complexity index is 1320. The molecule has 2 heterocycles. The Labute approximate surface area is 218 Å². The van der Waals surface area contributed by atoms with E-state index in [1.165, 1.54) is 5.41 Å². The first kappa shape index (κ1) is 27.2. The Morgan fingerprint density at radius 2 is 1.86 bits per heavy atom. The highest BCUT2D eigenvalue weighted by Crippen LogP contribution is 2.29. The molecule has 0 aliphatic carbocycles. The molecule has 1 aliphatic rings. The van der Waals surface area contributed by atoms with Gasteiger partial charge < -0.3 is 9.64 Å². The van der Waals surface area contributed by atoms with Crippen molar-refractivity contribution in [2.24, 2.45) is 0 Å². The van der Waals surface area contributed by atoms with Gasteiger partial charge in [0.1, 0.15) is 5.60 Å². The number of benzene rings is 2. The third kappa shape index (κ3) is 6.42. The lowest BCUT2D eigenvalue weighted by molar-refractivity contribution is 0.0544. The maximum atomic E-state index is 12.9. The van der Waals surface area contributed by atoms with Crippen molar-refractivity contribution >= 4 is 49.9 Å². The summed E-state index contributed by atoms with van der Waals surface area (Å²) in [6.45, 7) is 6.61. The van der Waals surface area contributed by atoms with Crippen LogP contribution in [-0.4, -0.2) is 49.2 Å². The van der Waals surface area contributed by atoms with Gasteiger partial charge in [0.25, 0.3) is 0 Å². The highest BCUT2D eigenvalue weighted by atomic mass is 79.9. The lowest BCUT2D eigenvalue weighted by atomic mass is 10.0. The number of carbonyl (C=O) groups excluding carboxylic acids is 1. The second-order valence-corrected chi connectivity index (χ2v) is 11.8. The number of halogens is 1. The topological polar surface area (TPSA) is 68.6 Å². The molecule has 8 heteroatoms. The van der Waals surface area contributed by atoms with Crippen LogP contribution >= 0.6 is 17.0 Å². The van der Waals surface area contributed by atoms with Gasteiger partial charge in [-0.2, -0.15) is 0 Å². The highest BCUT2D eigenvalue weighted by molar-refractivity contribution is 8.93. The number of sulfone groups is 1. The molecule has 3 aromatic rings. The molecule has 1 aromatic heterocycles. The van der Waals surface area contributed by atoms with E-state index in [0.717, 1.165) is 47.8 Å². The van der Waals surface area contributed by atoms with Crippen molar-refractivity contribution in [1.29, 1.82) is 0 Å². The monoisotopic (exact) mass is 560 g/mol. The maximum absolute atomic E-state index is 12.9. The lowest BCUT2D eigenvalue weighted by Gasteiger charge is -2.20. The van der Waals surface area contributed by atoms with E-state index in [4.69, 9.17) is 4.74 Å². The summed E-state index contributed by atoms with van der Waals surface area (Å²) in [5, 5.41) is 2.17. The number of aromatic nitrogens is 1. The predicted molar refractivity (Wildman–Crippen MR) is 146 cm³/mol. The average molecular weight is 562 g/mol. The van der Waals surface area contributed by atoms with Crippen molar-refractivity contribution in [2.45, 2.75) is 56.6 Å². The van der Waals surface area contributed by atoms with Gasteiger partial charge in [-0.15, -0.1) is 17.0 Å². The largest absolute Gasteiger partial charge is 0.443 e. The minimum atomic E-state index is -3.54. The molecule has 1 fully saturated rings. The van der Waals surface area contributed by atoms with Crippen molar-refractivity contribution in [3.05, 3.63) is 71.3 Å². The number of likely N-dealkylation sites (N-methyl/N-ethyl adjacent to an activating group) is 1. The summed E-state index contributed by atoms with van der Waals surface area (Å²) in [7, 11) is -1.41. The molecule has 6 nitrogen and oxygen atoms in total. The van der Waals surface area contributed by atoms with Gasteiger partial charge in [0.05, 0.1) is 10.4 Å². The summed E-state index contributed by atoms with van der Waals surface area (Å²) >= 11 is 0. The number of hydrogen-bond donors (Lipinski definition) is 0. The van der Waals surface area contributed by atoms with Crippen molar-refractivity contribution in [3.8, 4) is 0 Å². The molecule has 0 spiro atoms. The molecule has 1 aliphatic heterocycles. The van der Waals surface area contributed by atoms with E-state index in [0.29, 0.717) is 6.04 Å². The van der Waals surface area contributed by atoms with E-state index in [1.807, 2.05) is 45.2 Å². The summed E-state index contributed by atoms with van der Waals surface area (Å²) < 4.78 is 32.5. The van der Waals surface area contributed by atoms with Crippen LogP contribution in [-0.2, 0) is 21.0 Å². The minimum Gasteiger partial charge on any atom is -0.443 e. The predicted octanol–water partition coefficient (Wildman–Crippen LogP) is 6.08. The van der Waals surface area contributed by atoms with Gasteiger partial charge in [-0.25, -0.2) is 13.2 Å². The van der Waals surface area contributed by atoms with Crippen LogP contribution in [0.4, 0.5) is 4.79 Å². The van der Waals surface area contributed by atoms with E-state index in [-0.39, 0.29) is 21.9 Å². The van der Waals surface area contributed by atoms with E-state index in [1.54, 1.807) is 41.0 Å². The molecule has 188 valence electrons. The van der Waals surface area contributed by atoms with Crippen LogP contribution in [0.2, 0.25) is 0 Å². The Balaban J connectivity index is 0.00000342. The average Bonchev–Trinajstić information content (AvgIpc) is 3.35. The van der Waals surface area contributed by atoms with E-state index >= 15 is 0 Å². The molecule has 0 amide bonds. The number of hydrogen-bond acceptors (Lipinski definition) is 5. The Kier molecular flexibility index (Phi) is 8.29. The Morgan fingerprint density at radius 3 is 2.49 bits per heavy atom. The first-order valence-corrected chi connectivity index (χ1v) is 13.1. The number of carbonyl (C=O) groups is 1. The summed E-state index contributed by atoms with van der Waals surface area (Å²) in [4.78, 5) is 15.5. The van der Waals surface area contributed by atoms with Gasteiger partial charge in [-0.05, 0) is 95.1 Å². The van der Waals surface area contributed by atoms with Gasteiger partial charge in [0.2, 0.25) is 0 Å². The molecule has 0 unspecified atom stereocenters. The van der Waals surface area contributed by atoms with Crippen LogP contribution in [0.15, 0.2) is 65.0 Å². The number of likely N-dealkylation sites (tertiary alicyclic amines) is 1. The van der Waals surface area contributed by atoms with E-state index in [9.17, 15) is 13.2 Å². The number of fused-ring (bicyclic) bond motifs is 1. The first-order valence-electron chi connectivity index (χ1n) is 11.6. The van der Waals surface area contributed by atoms with Gasteiger partial charge in [-0.1, -0.05) is 24.3 Å². The Morgan fingerprint density at radius 1 is 1.14 bits per heavy atom. The van der Waals surface area contributed by atoms with Crippen LogP contribution in [0.1, 0.15) is 44.7 Å². The van der Waals surface area contributed by atoms with Gasteiger partial charge in [0.15, 0.2) is 9.84 Å². The van der Waals surface area contributed by atoms with E-state index < -0.39 is 21.5 Å². The third-order valence-corrected chi connectivity index (χ3v) is 7.56. The Hall–Kier alpha value is -2.42. The summed E-state index contributed by atoms with van der Waals surface area (Å²) in [6, 6.07) is 14.4. The maximum Gasteiger partial charge on any atom is 0.419 e. The minimum absolute atomic E-state index is 0. The molecule has 2 aromatic carbocycles. The summed E-state index contributed by atoms with van der Waals surface area (Å²) in [5.74, 6) is 0. The van der Waals surface area contributed by atoms with Crippen molar-refractivity contribution in [2.75, 3.05) is 13.6 Å². The van der Waals surface area contributed by atoms with Crippen molar-refractivity contribution in [1.82, 2.24) is 9.47 Å². The number of rotatable bonds is 5. The fourth-order valence-electron chi connectivity index (χ4n) is 4.39. The number of nitrogens with zero attached hydrogens (tertiary/aromatic N) is 2. The molecular formula is C27H33BrN2O4S. The smallest absolute Gasteiger partial charge is 0.419 e.